The smallest absolute Gasteiger partial charge is 0.239 e. The molecule has 0 aromatic heterocycles. The standard InChI is InChI=1S/C13H26N2O/c1-9(2)10-5-7-11(8-6-10)15-12(16)13(3,4)14/h9-11H,5-8,14H2,1-4H3,(H,15,16)/t10-,11-. The Morgan fingerprint density at radius 1 is 1.25 bits per heavy atom. The number of hydrogen-bond donors (Lipinski definition) is 2. The van der Waals surface area contributed by atoms with Crippen molar-refractivity contribution in [1.29, 1.82) is 0 Å². The third kappa shape index (κ3) is 3.78. The van der Waals surface area contributed by atoms with Crippen LogP contribution in [0.3, 0.4) is 0 Å². The Balaban J connectivity index is 2.35. The topological polar surface area (TPSA) is 55.1 Å². The van der Waals surface area contributed by atoms with Crippen molar-refractivity contribution in [3.63, 3.8) is 0 Å². The predicted molar refractivity (Wildman–Crippen MR) is 67.0 cm³/mol. The lowest BCUT2D eigenvalue weighted by molar-refractivity contribution is -0.126. The molecule has 16 heavy (non-hydrogen) atoms. The monoisotopic (exact) mass is 226 g/mol. The maximum Gasteiger partial charge on any atom is 0.239 e. The SMILES string of the molecule is CC(C)[C@H]1CC[C@H](NC(=O)C(C)(C)N)CC1. The van der Waals surface area contributed by atoms with Gasteiger partial charge in [0, 0.05) is 6.04 Å². The fourth-order valence-corrected chi connectivity index (χ4v) is 2.30. The van der Waals surface area contributed by atoms with Gasteiger partial charge >= 0.3 is 0 Å². The van der Waals surface area contributed by atoms with Crippen LogP contribution in [0, 0.1) is 11.8 Å². The molecule has 0 bridgehead atoms. The summed E-state index contributed by atoms with van der Waals surface area (Å²) in [5.41, 5.74) is 5.00. The van der Waals surface area contributed by atoms with Crippen molar-refractivity contribution in [1.82, 2.24) is 5.32 Å². The van der Waals surface area contributed by atoms with Crippen LogP contribution in [0.15, 0.2) is 0 Å². The second-order valence-corrected chi connectivity index (χ2v) is 6.05. The van der Waals surface area contributed by atoms with Crippen LogP contribution in [0.2, 0.25) is 0 Å². The highest BCUT2D eigenvalue weighted by molar-refractivity contribution is 5.85. The molecule has 1 aliphatic rings. The molecular weight excluding hydrogens is 200 g/mol. The van der Waals surface area contributed by atoms with E-state index in [1.54, 1.807) is 13.8 Å². The Labute approximate surface area is 99.2 Å². The number of rotatable bonds is 3. The Hall–Kier alpha value is -0.570. The molecule has 1 amide bonds. The normalized spacial score (nSPS) is 26.9. The fourth-order valence-electron chi connectivity index (χ4n) is 2.30. The molecule has 1 saturated carbocycles. The summed E-state index contributed by atoms with van der Waals surface area (Å²) in [4.78, 5) is 11.7. The van der Waals surface area contributed by atoms with Gasteiger partial charge in [-0.1, -0.05) is 13.8 Å². The summed E-state index contributed by atoms with van der Waals surface area (Å²) < 4.78 is 0. The summed E-state index contributed by atoms with van der Waals surface area (Å²) in [6.07, 6.45) is 4.66. The average molecular weight is 226 g/mol. The van der Waals surface area contributed by atoms with Gasteiger partial charge in [0.1, 0.15) is 0 Å². The third-order valence-electron chi connectivity index (χ3n) is 3.64. The van der Waals surface area contributed by atoms with E-state index in [4.69, 9.17) is 5.73 Å². The van der Waals surface area contributed by atoms with Crippen molar-refractivity contribution in [2.45, 2.75) is 65.0 Å². The maximum atomic E-state index is 11.7. The Morgan fingerprint density at radius 3 is 2.12 bits per heavy atom. The molecule has 0 aliphatic heterocycles. The molecule has 3 N–H and O–H groups in total. The largest absolute Gasteiger partial charge is 0.352 e. The molecule has 0 spiro atoms. The van der Waals surface area contributed by atoms with Crippen LogP contribution in [0.25, 0.3) is 0 Å². The van der Waals surface area contributed by atoms with Crippen LogP contribution in [-0.4, -0.2) is 17.5 Å². The number of nitrogens with one attached hydrogen (secondary N) is 1. The molecule has 1 fully saturated rings. The molecule has 3 nitrogen and oxygen atoms in total. The van der Waals surface area contributed by atoms with E-state index >= 15 is 0 Å². The van der Waals surface area contributed by atoms with E-state index in [1.807, 2.05) is 0 Å². The van der Waals surface area contributed by atoms with Gasteiger partial charge in [-0.3, -0.25) is 4.79 Å². The van der Waals surface area contributed by atoms with Gasteiger partial charge in [-0.05, 0) is 51.4 Å². The highest BCUT2D eigenvalue weighted by Gasteiger charge is 2.28. The minimum absolute atomic E-state index is 0.0273. The molecular formula is C13H26N2O. The zero-order valence-corrected chi connectivity index (χ0v) is 11.0. The van der Waals surface area contributed by atoms with Crippen molar-refractivity contribution in [2.75, 3.05) is 0 Å². The van der Waals surface area contributed by atoms with Crippen LogP contribution >= 0.6 is 0 Å². The fraction of sp³-hybridized carbons (Fsp3) is 0.923. The summed E-state index contributed by atoms with van der Waals surface area (Å²) in [5.74, 6) is 1.57. The van der Waals surface area contributed by atoms with Gasteiger partial charge in [0.05, 0.1) is 5.54 Å². The van der Waals surface area contributed by atoms with Gasteiger partial charge in [0.15, 0.2) is 0 Å². The number of carbonyl (C=O) groups excluding carboxylic acids is 1. The number of nitrogens with two attached hydrogens (primary N) is 1. The van der Waals surface area contributed by atoms with Gasteiger partial charge in [-0.15, -0.1) is 0 Å². The van der Waals surface area contributed by atoms with E-state index in [2.05, 4.69) is 19.2 Å². The quantitative estimate of drug-likeness (QED) is 0.774. The first-order valence-electron chi connectivity index (χ1n) is 6.40. The molecule has 0 aromatic carbocycles. The lowest BCUT2D eigenvalue weighted by atomic mass is 9.79. The summed E-state index contributed by atoms with van der Waals surface area (Å²) in [6.45, 7) is 8.07. The molecule has 0 aromatic rings. The molecule has 0 unspecified atom stereocenters. The van der Waals surface area contributed by atoms with Crippen LogP contribution in [-0.2, 0) is 4.79 Å². The van der Waals surface area contributed by atoms with E-state index in [0.29, 0.717) is 6.04 Å². The van der Waals surface area contributed by atoms with Crippen molar-refractivity contribution in [3.05, 3.63) is 0 Å². The van der Waals surface area contributed by atoms with Gasteiger partial charge in [-0.25, -0.2) is 0 Å². The van der Waals surface area contributed by atoms with Gasteiger partial charge in [-0.2, -0.15) is 0 Å². The summed E-state index contributed by atoms with van der Waals surface area (Å²) in [7, 11) is 0. The molecule has 0 atom stereocenters. The Kier molecular flexibility index (Phi) is 4.36. The minimum atomic E-state index is -0.755. The van der Waals surface area contributed by atoms with E-state index < -0.39 is 5.54 Å². The molecule has 0 saturated heterocycles. The van der Waals surface area contributed by atoms with Gasteiger partial charge < -0.3 is 11.1 Å². The third-order valence-corrected chi connectivity index (χ3v) is 3.64. The van der Waals surface area contributed by atoms with E-state index in [9.17, 15) is 4.79 Å². The molecule has 1 aliphatic carbocycles. The maximum absolute atomic E-state index is 11.7. The Morgan fingerprint density at radius 2 is 1.75 bits per heavy atom. The van der Waals surface area contributed by atoms with Gasteiger partial charge in [0.2, 0.25) is 5.91 Å². The second-order valence-electron chi connectivity index (χ2n) is 6.05. The first-order chi connectivity index (χ1) is 7.30. The van der Waals surface area contributed by atoms with Gasteiger partial charge in [0.25, 0.3) is 0 Å². The van der Waals surface area contributed by atoms with E-state index in [0.717, 1.165) is 24.7 Å². The summed E-state index contributed by atoms with van der Waals surface area (Å²) in [5, 5.41) is 3.05. The lowest BCUT2D eigenvalue weighted by Crippen LogP contribution is -2.52. The van der Waals surface area contributed by atoms with E-state index in [-0.39, 0.29) is 5.91 Å². The molecule has 3 heteroatoms. The average Bonchev–Trinajstić information content (AvgIpc) is 2.17. The number of amides is 1. The number of carbonyl (C=O) groups is 1. The van der Waals surface area contributed by atoms with Crippen LogP contribution in [0.4, 0.5) is 0 Å². The van der Waals surface area contributed by atoms with Crippen molar-refractivity contribution >= 4 is 5.91 Å². The van der Waals surface area contributed by atoms with Crippen LogP contribution in [0.5, 0.6) is 0 Å². The summed E-state index contributed by atoms with van der Waals surface area (Å²) >= 11 is 0. The Bertz CT molecular complexity index is 235. The zero-order valence-electron chi connectivity index (χ0n) is 11.0. The number of hydrogen-bond acceptors (Lipinski definition) is 2. The highest BCUT2D eigenvalue weighted by Crippen LogP contribution is 2.29. The van der Waals surface area contributed by atoms with Crippen molar-refractivity contribution < 1.29 is 4.79 Å². The molecule has 1 rings (SSSR count). The van der Waals surface area contributed by atoms with E-state index in [1.165, 1.54) is 12.8 Å². The first-order valence-corrected chi connectivity index (χ1v) is 6.40. The van der Waals surface area contributed by atoms with Crippen molar-refractivity contribution in [3.8, 4) is 0 Å². The minimum Gasteiger partial charge on any atom is -0.352 e. The summed E-state index contributed by atoms with van der Waals surface area (Å²) in [6, 6.07) is 0.338. The predicted octanol–water partition coefficient (Wildman–Crippen LogP) is 2.05. The van der Waals surface area contributed by atoms with Crippen molar-refractivity contribution in [2.24, 2.45) is 17.6 Å². The highest BCUT2D eigenvalue weighted by atomic mass is 16.2. The molecule has 94 valence electrons. The zero-order chi connectivity index (χ0) is 12.3. The van der Waals surface area contributed by atoms with Crippen LogP contribution < -0.4 is 11.1 Å². The molecule has 0 radical (unpaired) electrons. The second kappa shape index (κ2) is 5.17. The first kappa shape index (κ1) is 13.5. The van der Waals surface area contributed by atoms with Crippen LogP contribution in [0.1, 0.15) is 53.4 Å². The lowest BCUT2D eigenvalue weighted by Gasteiger charge is -2.32. The molecule has 0 heterocycles.